The maximum Gasteiger partial charge on any atom is 0.285 e. The molecule has 1 heterocycles. The number of aldehydes is 1. The molecular weight excluding hydrogens is 379 g/mol. The fourth-order valence-electron chi connectivity index (χ4n) is 2.43. The molecule has 1 aliphatic rings. The highest BCUT2D eigenvalue weighted by Gasteiger charge is 2.31. The molecule has 1 aromatic carbocycles. The molecule has 0 aromatic heterocycles. The number of unbranched alkanes of at least 4 members (excludes halogenated alkanes) is 1. The van der Waals surface area contributed by atoms with E-state index in [0.29, 0.717) is 5.95 Å². The van der Waals surface area contributed by atoms with E-state index in [1.54, 1.807) is 0 Å². The van der Waals surface area contributed by atoms with Crippen molar-refractivity contribution >= 4 is 28.9 Å². The highest BCUT2D eigenvalue weighted by molar-refractivity contribution is 14.1. The van der Waals surface area contributed by atoms with E-state index in [2.05, 4.69) is 29.5 Å². The maximum absolute atomic E-state index is 11.7. The third kappa shape index (κ3) is 3.78. The first-order chi connectivity index (χ1) is 10.1. The maximum atomic E-state index is 11.7. The van der Waals surface area contributed by atoms with E-state index in [4.69, 9.17) is 9.47 Å². The number of carbonyl (C=O) groups is 1. The predicted octanol–water partition coefficient (Wildman–Crippen LogP) is 4.79. The fraction of sp³-hybridized carbons (Fsp3) is 0.471. The van der Waals surface area contributed by atoms with Crippen molar-refractivity contribution in [2.45, 2.75) is 52.1 Å². The Morgan fingerprint density at radius 2 is 2.19 bits per heavy atom. The Hall–Kier alpha value is -1.04. The Kier molecular flexibility index (Phi) is 5.67. The normalized spacial score (nSPS) is 17.5. The molecule has 2 rings (SSSR count). The average molecular weight is 400 g/mol. The van der Waals surface area contributed by atoms with E-state index in [9.17, 15) is 4.79 Å². The summed E-state index contributed by atoms with van der Waals surface area (Å²) in [7, 11) is 0. The van der Waals surface area contributed by atoms with Gasteiger partial charge in [-0.2, -0.15) is 0 Å². The number of benzene rings is 1. The first kappa shape index (κ1) is 16.3. The lowest BCUT2D eigenvalue weighted by Crippen LogP contribution is -2.21. The van der Waals surface area contributed by atoms with Crippen LogP contribution in [0.4, 0.5) is 0 Å². The van der Waals surface area contributed by atoms with Crippen LogP contribution in [-0.2, 0) is 9.53 Å². The third-order valence-electron chi connectivity index (χ3n) is 3.43. The number of hydrogen-bond donors (Lipinski definition) is 0. The van der Waals surface area contributed by atoms with Gasteiger partial charge in [-0.1, -0.05) is 13.3 Å². The summed E-state index contributed by atoms with van der Waals surface area (Å²) in [6, 6.07) is 5.91. The summed E-state index contributed by atoms with van der Waals surface area (Å²) in [6.07, 6.45) is 3.95. The summed E-state index contributed by atoms with van der Waals surface area (Å²) in [5.41, 5.74) is 1.91. The Balaban J connectivity index is 2.44. The van der Waals surface area contributed by atoms with E-state index >= 15 is 0 Å². The molecule has 1 aromatic rings. The smallest absolute Gasteiger partial charge is 0.285 e. The summed E-state index contributed by atoms with van der Waals surface area (Å²) >= 11 is 2.25. The molecule has 0 N–H and O–H groups in total. The standard InChI is InChI=1S/C17H21IO3/c1-4-5-6-13-15(10-19)14-9-12(18)7-8-16(14)21-17(13)20-11(2)3/h7-11,15H,4-6H2,1-3H3. The van der Waals surface area contributed by atoms with Crippen LogP contribution in [0.5, 0.6) is 5.75 Å². The third-order valence-corrected chi connectivity index (χ3v) is 4.10. The zero-order valence-electron chi connectivity index (χ0n) is 12.7. The Morgan fingerprint density at radius 1 is 1.43 bits per heavy atom. The van der Waals surface area contributed by atoms with Gasteiger partial charge in [0.05, 0.1) is 12.0 Å². The van der Waals surface area contributed by atoms with Crippen molar-refractivity contribution in [3.63, 3.8) is 0 Å². The average Bonchev–Trinajstić information content (AvgIpc) is 2.44. The molecule has 114 valence electrons. The summed E-state index contributed by atoms with van der Waals surface area (Å²) < 4.78 is 12.9. The molecule has 0 radical (unpaired) electrons. The SMILES string of the molecule is CCCCC1=C(OC(C)C)Oc2ccc(I)cc2C1C=O. The monoisotopic (exact) mass is 400 g/mol. The lowest BCUT2D eigenvalue weighted by molar-refractivity contribution is -0.108. The van der Waals surface area contributed by atoms with Crippen LogP contribution in [0.2, 0.25) is 0 Å². The number of ether oxygens (including phenoxy) is 2. The van der Waals surface area contributed by atoms with Crippen LogP contribution in [0.3, 0.4) is 0 Å². The van der Waals surface area contributed by atoms with Gasteiger partial charge >= 0.3 is 0 Å². The van der Waals surface area contributed by atoms with E-state index in [1.165, 1.54) is 0 Å². The number of hydrogen-bond acceptors (Lipinski definition) is 3. The number of halogens is 1. The second-order valence-electron chi connectivity index (χ2n) is 5.48. The number of allylic oxidation sites excluding steroid dienone is 1. The molecule has 1 unspecified atom stereocenters. The van der Waals surface area contributed by atoms with Crippen LogP contribution < -0.4 is 4.74 Å². The van der Waals surface area contributed by atoms with Crippen molar-refractivity contribution < 1.29 is 14.3 Å². The van der Waals surface area contributed by atoms with Gasteiger partial charge in [-0.3, -0.25) is 0 Å². The molecule has 0 spiro atoms. The minimum Gasteiger partial charge on any atom is -0.462 e. The molecule has 1 aliphatic heterocycles. The van der Waals surface area contributed by atoms with Crippen LogP contribution in [0.1, 0.15) is 51.5 Å². The van der Waals surface area contributed by atoms with E-state index in [0.717, 1.165) is 46.0 Å². The van der Waals surface area contributed by atoms with Gasteiger partial charge in [-0.25, -0.2) is 0 Å². The lowest BCUT2D eigenvalue weighted by atomic mass is 9.87. The van der Waals surface area contributed by atoms with Gasteiger partial charge in [-0.15, -0.1) is 0 Å². The Morgan fingerprint density at radius 3 is 2.81 bits per heavy atom. The number of carbonyl (C=O) groups excluding carboxylic acids is 1. The molecule has 0 bridgehead atoms. The topological polar surface area (TPSA) is 35.5 Å². The van der Waals surface area contributed by atoms with Gasteiger partial charge in [0.15, 0.2) is 0 Å². The van der Waals surface area contributed by atoms with Crippen molar-refractivity contribution in [1.82, 2.24) is 0 Å². The van der Waals surface area contributed by atoms with Crippen molar-refractivity contribution in [2.24, 2.45) is 0 Å². The van der Waals surface area contributed by atoms with Gasteiger partial charge in [0.25, 0.3) is 5.95 Å². The molecule has 1 atom stereocenters. The minimum absolute atomic E-state index is 0.0225. The van der Waals surface area contributed by atoms with Gasteiger partial charge < -0.3 is 14.3 Å². The first-order valence-corrected chi connectivity index (χ1v) is 8.47. The highest BCUT2D eigenvalue weighted by atomic mass is 127. The van der Waals surface area contributed by atoms with E-state index in [-0.39, 0.29) is 12.0 Å². The largest absolute Gasteiger partial charge is 0.462 e. The predicted molar refractivity (Wildman–Crippen MR) is 91.4 cm³/mol. The second kappa shape index (κ2) is 7.29. The van der Waals surface area contributed by atoms with E-state index in [1.807, 2.05) is 32.0 Å². The molecule has 3 nitrogen and oxygen atoms in total. The van der Waals surface area contributed by atoms with Crippen molar-refractivity contribution in [3.05, 3.63) is 38.9 Å². The van der Waals surface area contributed by atoms with Crippen LogP contribution in [-0.4, -0.2) is 12.4 Å². The number of rotatable bonds is 6. The first-order valence-electron chi connectivity index (χ1n) is 7.39. The Labute approximate surface area is 139 Å². The van der Waals surface area contributed by atoms with Crippen LogP contribution in [0.25, 0.3) is 0 Å². The van der Waals surface area contributed by atoms with E-state index < -0.39 is 0 Å². The molecule has 0 fully saturated rings. The zero-order valence-corrected chi connectivity index (χ0v) is 14.8. The molecule has 4 heteroatoms. The Bertz CT molecular complexity index is 549. The molecule has 21 heavy (non-hydrogen) atoms. The van der Waals surface area contributed by atoms with Gasteiger partial charge in [0.1, 0.15) is 12.0 Å². The minimum atomic E-state index is -0.260. The van der Waals surface area contributed by atoms with Crippen LogP contribution >= 0.6 is 22.6 Å². The highest BCUT2D eigenvalue weighted by Crippen LogP contribution is 2.41. The van der Waals surface area contributed by atoms with Gasteiger partial charge in [-0.05, 0) is 67.5 Å². The molecule has 0 saturated heterocycles. The zero-order chi connectivity index (χ0) is 15.4. The summed E-state index contributed by atoms with van der Waals surface area (Å²) in [6.45, 7) is 6.07. The number of fused-ring (bicyclic) bond motifs is 1. The summed E-state index contributed by atoms with van der Waals surface area (Å²) in [4.78, 5) is 11.7. The van der Waals surface area contributed by atoms with Crippen molar-refractivity contribution in [1.29, 1.82) is 0 Å². The summed E-state index contributed by atoms with van der Waals surface area (Å²) in [5, 5.41) is 0. The van der Waals surface area contributed by atoms with Crippen molar-refractivity contribution in [3.8, 4) is 5.75 Å². The fourth-order valence-corrected chi connectivity index (χ4v) is 2.94. The van der Waals surface area contributed by atoms with Gasteiger partial charge in [0.2, 0.25) is 0 Å². The quantitative estimate of drug-likeness (QED) is 0.509. The lowest BCUT2D eigenvalue weighted by Gasteiger charge is -2.28. The summed E-state index contributed by atoms with van der Waals surface area (Å²) in [5.74, 6) is 0.983. The molecular formula is C17H21IO3. The molecule has 0 aliphatic carbocycles. The van der Waals surface area contributed by atoms with Gasteiger partial charge in [0, 0.05) is 14.7 Å². The molecule has 0 saturated carbocycles. The second-order valence-corrected chi connectivity index (χ2v) is 6.73. The van der Waals surface area contributed by atoms with Crippen molar-refractivity contribution in [2.75, 3.05) is 0 Å². The van der Waals surface area contributed by atoms with Crippen LogP contribution in [0, 0.1) is 3.57 Å². The van der Waals surface area contributed by atoms with Crippen LogP contribution in [0.15, 0.2) is 29.7 Å². The molecule has 0 amide bonds.